The van der Waals surface area contributed by atoms with E-state index in [1.54, 1.807) is 12.1 Å². The number of nitrogens with one attached hydrogen (secondary N) is 1. The molecule has 0 radical (unpaired) electrons. The van der Waals surface area contributed by atoms with Crippen LogP contribution >= 0.6 is 11.6 Å². The molecule has 1 saturated heterocycles. The molecule has 0 aliphatic carbocycles. The van der Waals surface area contributed by atoms with Gasteiger partial charge in [-0.2, -0.15) is 5.10 Å². The number of carbonyl (C=O) groups is 2. The number of carbonyl (C=O) groups excluding carboxylic acids is 1. The minimum atomic E-state index is -1.02. The van der Waals surface area contributed by atoms with Gasteiger partial charge in [0.2, 0.25) is 5.91 Å². The van der Waals surface area contributed by atoms with E-state index in [4.69, 9.17) is 22.4 Å². The zero-order valence-electron chi connectivity index (χ0n) is 26.1. The van der Waals surface area contributed by atoms with Crippen molar-refractivity contribution in [2.45, 2.75) is 18.4 Å². The third-order valence-electron chi connectivity index (χ3n) is 9.18. The van der Waals surface area contributed by atoms with Gasteiger partial charge in [-0.15, -0.1) is 0 Å². The van der Waals surface area contributed by atoms with Crippen molar-refractivity contribution in [1.29, 1.82) is 0 Å². The first-order chi connectivity index (χ1) is 23.4. The molecule has 240 valence electrons. The highest BCUT2D eigenvalue weighted by atomic mass is 35.5. The van der Waals surface area contributed by atoms with Gasteiger partial charge in [-0.3, -0.25) is 4.79 Å². The number of hydrogen-bond acceptors (Lipinski definition) is 4. The van der Waals surface area contributed by atoms with Crippen LogP contribution in [0.2, 0.25) is 5.02 Å². The molecule has 2 amide bonds. The third kappa shape index (κ3) is 5.54. The van der Waals surface area contributed by atoms with E-state index in [1.807, 2.05) is 83.5 Å². The van der Waals surface area contributed by atoms with E-state index in [0.29, 0.717) is 41.3 Å². The monoisotopic (exact) mass is 655 g/mol. The summed E-state index contributed by atoms with van der Waals surface area (Å²) >= 11 is 6.67. The maximum Gasteiger partial charge on any atom is 0.407 e. The molecule has 7 rings (SSSR count). The number of nitrogens with zero attached hydrogens (tertiary/aromatic N) is 3. The Hall–Kier alpha value is -5.60. The molecule has 6 aromatic rings. The molecule has 0 spiro atoms. The Morgan fingerprint density at radius 1 is 0.833 bits per heavy atom. The smallest absolute Gasteiger partial charge is 0.407 e. The Bertz CT molecular complexity index is 2000. The summed E-state index contributed by atoms with van der Waals surface area (Å²) in [6.07, 6.45) is 0.173. The zero-order chi connectivity index (χ0) is 33.3. The number of nitrogen functional groups attached to an aromatic ring is 1. The summed E-state index contributed by atoms with van der Waals surface area (Å²) in [7, 11) is 0. The van der Waals surface area contributed by atoms with Crippen molar-refractivity contribution in [1.82, 2.24) is 14.7 Å². The van der Waals surface area contributed by atoms with Gasteiger partial charge < -0.3 is 21.1 Å². The molecule has 0 bridgehead atoms. The van der Waals surface area contributed by atoms with E-state index >= 15 is 0 Å². The van der Waals surface area contributed by atoms with E-state index in [9.17, 15) is 14.7 Å². The minimum absolute atomic E-state index is 0.133. The Labute approximate surface area is 283 Å². The van der Waals surface area contributed by atoms with Gasteiger partial charge in [0, 0.05) is 29.7 Å². The number of carboxylic acid groups (broad SMARTS) is 1. The topological polar surface area (TPSA) is 113 Å². The lowest BCUT2D eigenvalue weighted by Crippen LogP contribution is -2.43. The van der Waals surface area contributed by atoms with Crippen LogP contribution in [0.5, 0.6) is 0 Å². The fourth-order valence-corrected chi connectivity index (χ4v) is 7.19. The van der Waals surface area contributed by atoms with Crippen LogP contribution in [0.3, 0.4) is 0 Å². The van der Waals surface area contributed by atoms with Crippen molar-refractivity contribution in [3.8, 4) is 11.1 Å². The highest BCUT2D eigenvalue weighted by molar-refractivity contribution is 6.33. The second-order valence-corrected chi connectivity index (χ2v) is 12.5. The Kier molecular flexibility index (Phi) is 8.33. The van der Waals surface area contributed by atoms with Gasteiger partial charge in [0.15, 0.2) is 5.82 Å². The van der Waals surface area contributed by atoms with Gasteiger partial charge >= 0.3 is 6.09 Å². The van der Waals surface area contributed by atoms with Crippen LogP contribution in [-0.2, 0) is 10.3 Å². The standard InChI is InChI=1S/C39H34ClN5O3/c40-34-24-31(41)19-20-32(34)26-18-21-35-33(23-26)36(42-37(46)27-11-10-22-44(25-27)38(47)48)43-45(35)39(28-12-4-1-5-13-28,29-14-6-2-7-15-29)30-16-8-3-9-17-30/h1-9,12-21,23-24,27H,10-11,22,25,41H2,(H,47,48)(H,42,43,46)/t27-/m1/s1. The summed E-state index contributed by atoms with van der Waals surface area (Å²) in [5.41, 5.74) is 11.0. The molecule has 0 unspecified atom stereocenters. The minimum Gasteiger partial charge on any atom is -0.465 e. The first-order valence-corrected chi connectivity index (χ1v) is 16.3. The molecular weight excluding hydrogens is 622 g/mol. The van der Waals surface area contributed by atoms with Gasteiger partial charge in [-0.1, -0.05) is 115 Å². The molecule has 1 aliphatic heterocycles. The Morgan fingerprint density at radius 3 is 2.00 bits per heavy atom. The molecule has 1 fully saturated rings. The number of hydrogen-bond donors (Lipinski definition) is 3. The molecule has 48 heavy (non-hydrogen) atoms. The molecule has 1 aromatic heterocycles. The summed E-state index contributed by atoms with van der Waals surface area (Å²) in [4.78, 5) is 26.9. The summed E-state index contributed by atoms with van der Waals surface area (Å²) in [5, 5.41) is 19.2. The largest absolute Gasteiger partial charge is 0.465 e. The van der Waals surface area contributed by atoms with Crippen molar-refractivity contribution in [2.24, 2.45) is 5.92 Å². The van der Waals surface area contributed by atoms with Gasteiger partial charge in [-0.25, -0.2) is 9.48 Å². The van der Waals surface area contributed by atoms with Crippen LogP contribution in [-0.4, -0.2) is 44.9 Å². The van der Waals surface area contributed by atoms with Crippen molar-refractivity contribution >= 4 is 46.0 Å². The van der Waals surface area contributed by atoms with E-state index in [1.165, 1.54) is 4.90 Å². The van der Waals surface area contributed by atoms with Gasteiger partial charge in [0.05, 0.1) is 16.5 Å². The Morgan fingerprint density at radius 2 is 1.44 bits per heavy atom. The number of benzene rings is 5. The van der Waals surface area contributed by atoms with E-state index in [2.05, 4.69) is 41.7 Å². The molecule has 0 saturated carbocycles. The van der Waals surface area contributed by atoms with Crippen LogP contribution in [0.25, 0.3) is 22.0 Å². The molecule has 8 nitrogen and oxygen atoms in total. The van der Waals surface area contributed by atoms with Crippen LogP contribution in [0.4, 0.5) is 16.3 Å². The van der Waals surface area contributed by atoms with Crippen LogP contribution in [0.15, 0.2) is 127 Å². The molecule has 1 atom stereocenters. The predicted molar refractivity (Wildman–Crippen MR) is 190 cm³/mol. The molecule has 5 aromatic carbocycles. The van der Waals surface area contributed by atoms with E-state index in [0.717, 1.165) is 33.3 Å². The lowest BCUT2D eigenvalue weighted by molar-refractivity contribution is -0.121. The number of fused-ring (bicyclic) bond motifs is 1. The lowest BCUT2D eigenvalue weighted by Gasteiger charge is -2.37. The number of amides is 2. The van der Waals surface area contributed by atoms with Gasteiger partial charge in [-0.05, 0) is 59.4 Å². The molecule has 2 heterocycles. The number of rotatable bonds is 7. The van der Waals surface area contributed by atoms with Crippen molar-refractivity contribution in [3.05, 3.63) is 149 Å². The van der Waals surface area contributed by atoms with Crippen molar-refractivity contribution < 1.29 is 14.7 Å². The average molecular weight is 656 g/mol. The fraction of sp³-hybridized carbons (Fsp3) is 0.154. The summed E-state index contributed by atoms with van der Waals surface area (Å²) in [6.45, 7) is 0.546. The van der Waals surface area contributed by atoms with Crippen LogP contribution < -0.4 is 11.1 Å². The normalized spacial score (nSPS) is 14.9. The zero-order valence-corrected chi connectivity index (χ0v) is 26.8. The fourth-order valence-electron chi connectivity index (χ4n) is 6.89. The van der Waals surface area contributed by atoms with E-state index < -0.39 is 17.6 Å². The molecule has 1 aliphatic rings. The predicted octanol–water partition coefficient (Wildman–Crippen LogP) is 8.11. The maximum absolute atomic E-state index is 13.9. The second-order valence-electron chi connectivity index (χ2n) is 12.1. The van der Waals surface area contributed by atoms with Crippen molar-refractivity contribution in [3.63, 3.8) is 0 Å². The summed E-state index contributed by atoms with van der Waals surface area (Å²) < 4.78 is 2.00. The summed E-state index contributed by atoms with van der Waals surface area (Å²) in [6, 6.07) is 42.0. The second kappa shape index (κ2) is 12.9. The average Bonchev–Trinajstić information content (AvgIpc) is 3.47. The molecule has 9 heteroatoms. The van der Waals surface area contributed by atoms with Gasteiger partial charge in [0.25, 0.3) is 0 Å². The lowest BCUT2D eigenvalue weighted by atomic mass is 9.77. The number of likely N-dealkylation sites (tertiary alicyclic amines) is 1. The molecule has 4 N–H and O–H groups in total. The first kappa shape index (κ1) is 31.0. The maximum atomic E-state index is 13.9. The van der Waals surface area contributed by atoms with Crippen molar-refractivity contribution in [2.75, 3.05) is 24.1 Å². The number of nitrogens with two attached hydrogens (primary N) is 1. The third-order valence-corrected chi connectivity index (χ3v) is 9.49. The highest BCUT2D eigenvalue weighted by Crippen LogP contribution is 2.44. The Balaban J connectivity index is 1.48. The quantitative estimate of drug-likeness (QED) is 0.119. The molecular formula is C39H34ClN5O3. The number of piperidine rings is 1. The number of aromatic nitrogens is 2. The summed E-state index contributed by atoms with van der Waals surface area (Å²) in [5.74, 6) is -0.400. The van der Waals surface area contributed by atoms with Gasteiger partial charge in [0.1, 0.15) is 5.54 Å². The first-order valence-electron chi connectivity index (χ1n) is 15.9. The highest BCUT2D eigenvalue weighted by Gasteiger charge is 2.41. The SMILES string of the molecule is Nc1ccc(-c2ccc3c(c2)c(NC(=O)[C@@H]2CCCN(C(=O)O)C2)nn3C(c2ccccc2)(c2ccccc2)c2ccccc2)c(Cl)c1. The van der Waals surface area contributed by atoms with Crippen LogP contribution in [0.1, 0.15) is 29.5 Å². The van der Waals surface area contributed by atoms with Crippen LogP contribution in [0, 0.1) is 5.92 Å². The number of halogens is 1. The van der Waals surface area contributed by atoms with E-state index in [-0.39, 0.29) is 12.5 Å². The number of anilines is 2.